The SMILES string of the molecule is Cc1c(-c2cc(C(=O)NS(=O)(=O)c3cccc(N)c3)c3c(OCC4CC(C)(C)OC(C)(C)C4)ccc(C)c3n2)oc2ccccc12. The van der Waals surface area contributed by atoms with Crippen LogP contribution in [0.4, 0.5) is 5.69 Å². The topological polar surface area (TPSA) is 134 Å². The number of rotatable bonds is 7. The number of nitrogen functional groups attached to an aromatic ring is 1. The molecule has 46 heavy (non-hydrogen) atoms. The maximum Gasteiger partial charge on any atom is 0.265 e. The number of aryl methyl sites for hydroxylation is 2. The van der Waals surface area contributed by atoms with Gasteiger partial charge >= 0.3 is 0 Å². The molecule has 1 saturated heterocycles. The summed E-state index contributed by atoms with van der Waals surface area (Å²) in [6, 6.07) is 18.7. The van der Waals surface area contributed by atoms with Crippen molar-refractivity contribution in [2.24, 2.45) is 5.92 Å². The number of hydrogen-bond acceptors (Lipinski definition) is 8. The van der Waals surface area contributed by atoms with Crippen molar-refractivity contribution in [3.8, 4) is 17.2 Å². The Hall–Kier alpha value is -4.41. The van der Waals surface area contributed by atoms with Gasteiger partial charge in [-0.3, -0.25) is 4.79 Å². The van der Waals surface area contributed by atoms with E-state index in [9.17, 15) is 13.2 Å². The molecule has 1 aliphatic heterocycles. The van der Waals surface area contributed by atoms with Gasteiger partial charge in [0.25, 0.3) is 15.9 Å². The number of amides is 1. The molecule has 0 aliphatic carbocycles. The molecular formula is C36H39N3O6S. The molecule has 10 heteroatoms. The van der Waals surface area contributed by atoms with Crippen LogP contribution in [0.15, 0.2) is 76.0 Å². The van der Waals surface area contributed by atoms with Gasteiger partial charge in [0.05, 0.1) is 39.2 Å². The first-order chi connectivity index (χ1) is 21.6. The second kappa shape index (κ2) is 11.4. The molecule has 1 aliphatic rings. The fraction of sp³-hybridized carbons (Fsp3) is 0.333. The van der Waals surface area contributed by atoms with Crippen molar-refractivity contribution in [3.05, 3.63) is 83.4 Å². The number of para-hydroxylation sites is 1. The van der Waals surface area contributed by atoms with Gasteiger partial charge in [-0.25, -0.2) is 18.1 Å². The molecule has 0 bridgehead atoms. The van der Waals surface area contributed by atoms with Gasteiger partial charge in [-0.1, -0.05) is 30.3 Å². The maximum absolute atomic E-state index is 14.1. The molecule has 3 N–H and O–H groups in total. The van der Waals surface area contributed by atoms with Gasteiger partial charge in [-0.05, 0) is 102 Å². The zero-order valence-electron chi connectivity index (χ0n) is 26.9. The van der Waals surface area contributed by atoms with Crippen LogP contribution in [-0.2, 0) is 14.8 Å². The van der Waals surface area contributed by atoms with Crippen molar-refractivity contribution in [2.75, 3.05) is 12.3 Å². The number of carbonyl (C=O) groups excluding carboxylic acids is 1. The van der Waals surface area contributed by atoms with E-state index in [0.717, 1.165) is 29.4 Å². The maximum atomic E-state index is 14.1. The smallest absolute Gasteiger partial charge is 0.265 e. The third-order valence-electron chi connectivity index (χ3n) is 8.43. The average Bonchev–Trinajstić information content (AvgIpc) is 3.31. The van der Waals surface area contributed by atoms with Gasteiger partial charge in [-0.2, -0.15) is 0 Å². The molecule has 1 amide bonds. The Kier molecular flexibility index (Phi) is 7.85. The van der Waals surface area contributed by atoms with Crippen molar-refractivity contribution in [1.82, 2.24) is 9.71 Å². The molecule has 5 aromatic rings. The third-order valence-corrected chi connectivity index (χ3v) is 9.76. The largest absolute Gasteiger partial charge is 0.493 e. The number of nitrogens with one attached hydrogen (secondary N) is 1. The summed E-state index contributed by atoms with van der Waals surface area (Å²) in [5.74, 6) is 0.304. The summed E-state index contributed by atoms with van der Waals surface area (Å²) in [5.41, 5.74) is 8.82. The molecule has 2 aromatic heterocycles. The summed E-state index contributed by atoms with van der Waals surface area (Å²) in [4.78, 5) is 18.9. The Morgan fingerprint density at radius 2 is 1.72 bits per heavy atom. The van der Waals surface area contributed by atoms with Gasteiger partial charge < -0.3 is 19.6 Å². The van der Waals surface area contributed by atoms with Gasteiger partial charge in [0, 0.05) is 16.6 Å². The normalized spacial score (nSPS) is 16.5. The van der Waals surface area contributed by atoms with Crippen LogP contribution in [0, 0.1) is 19.8 Å². The molecule has 3 aromatic carbocycles. The van der Waals surface area contributed by atoms with E-state index in [2.05, 4.69) is 32.4 Å². The van der Waals surface area contributed by atoms with E-state index in [0.29, 0.717) is 40.3 Å². The molecule has 6 rings (SSSR count). The van der Waals surface area contributed by atoms with Crippen LogP contribution in [0.5, 0.6) is 5.75 Å². The van der Waals surface area contributed by atoms with E-state index < -0.39 is 15.9 Å². The number of sulfonamides is 1. The van der Waals surface area contributed by atoms with E-state index in [4.69, 9.17) is 24.6 Å². The van der Waals surface area contributed by atoms with Crippen LogP contribution < -0.4 is 15.2 Å². The second-order valence-corrected chi connectivity index (χ2v) is 15.1. The number of carbonyl (C=O) groups is 1. The monoisotopic (exact) mass is 641 g/mol. The lowest BCUT2D eigenvalue weighted by Gasteiger charge is -2.45. The van der Waals surface area contributed by atoms with E-state index in [1.807, 2.05) is 50.2 Å². The van der Waals surface area contributed by atoms with Crippen LogP contribution >= 0.6 is 0 Å². The summed E-state index contributed by atoms with van der Waals surface area (Å²) in [7, 11) is -4.26. The number of furan rings is 1. The molecule has 0 unspecified atom stereocenters. The predicted molar refractivity (Wildman–Crippen MR) is 179 cm³/mol. The highest BCUT2D eigenvalue weighted by atomic mass is 32.2. The quantitative estimate of drug-likeness (QED) is 0.177. The number of anilines is 1. The van der Waals surface area contributed by atoms with Gasteiger partial charge in [0.1, 0.15) is 17.0 Å². The zero-order valence-corrected chi connectivity index (χ0v) is 27.7. The summed E-state index contributed by atoms with van der Waals surface area (Å²) >= 11 is 0. The van der Waals surface area contributed by atoms with Crippen molar-refractivity contribution >= 4 is 43.5 Å². The van der Waals surface area contributed by atoms with Gasteiger partial charge in [-0.15, -0.1) is 0 Å². The van der Waals surface area contributed by atoms with E-state index in [-0.39, 0.29) is 33.3 Å². The average molecular weight is 642 g/mol. The summed E-state index contributed by atoms with van der Waals surface area (Å²) in [6.45, 7) is 12.5. The molecule has 0 saturated carbocycles. The molecule has 3 heterocycles. The highest BCUT2D eigenvalue weighted by molar-refractivity contribution is 7.90. The summed E-state index contributed by atoms with van der Waals surface area (Å²) < 4.78 is 48.0. The lowest BCUT2D eigenvalue weighted by atomic mass is 9.81. The molecule has 9 nitrogen and oxygen atoms in total. The van der Waals surface area contributed by atoms with E-state index in [1.54, 1.807) is 12.1 Å². The van der Waals surface area contributed by atoms with Crippen molar-refractivity contribution in [2.45, 2.75) is 70.5 Å². The first-order valence-corrected chi connectivity index (χ1v) is 16.8. The van der Waals surface area contributed by atoms with Crippen LogP contribution in [-0.4, -0.2) is 37.1 Å². The number of nitrogens with zero attached hydrogens (tertiary/aromatic N) is 1. The Labute approximate surface area is 269 Å². The Bertz CT molecular complexity index is 2080. The Morgan fingerprint density at radius 3 is 2.41 bits per heavy atom. The van der Waals surface area contributed by atoms with Crippen molar-refractivity contribution < 1.29 is 27.1 Å². The van der Waals surface area contributed by atoms with Crippen LogP contribution in [0.1, 0.15) is 62.0 Å². The first-order valence-electron chi connectivity index (χ1n) is 15.3. The first kappa shape index (κ1) is 31.6. The minimum Gasteiger partial charge on any atom is -0.493 e. The number of aromatic nitrogens is 1. The lowest BCUT2D eigenvalue weighted by Crippen LogP contribution is -2.46. The highest BCUT2D eigenvalue weighted by Crippen LogP contribution is 2.40. The standard InChI is InChI=1S/C36H39N3O6S/c1-21-14-15-30(43-20-23-18-35(3,4)45-36(5,6)19-23)31-27(34(40)39-46(41,42)25-11-9-10-24(37)16-25)17-28(38-32(21)31)33-22(2)26-12-7-8-13-29(26)44-33/h7-17,23H,18-20,37H2,1-6H3,(H,39,40). The van der Waals surface area contributed by atoms with Crippen molar-refractivity contribution in [1.29, 1.82) is 0 Å². The molecule has 1 fully saturated rings. The number of hydrogen-bond donors (Lipinski definition) is 2. The van der Waals surface area contributed by atoms with Gasteiger partial charge in [0.2, 0.25) is 0 Å². The highest BCUT2D eigenvalue weighted by Gasteiger charge is 2.39. The minimum atomic E-state index is -4.26. The summed E-state index contributed by atoms with van der Waals surface area (Å²) in [6.07, 6.45) is 1.61. The molecule has 0 spiro atoms. The molecule has 0 atom stereocenters. The fourth-order valence-corrected chi connectivity index (χ4v) is 7.83. The summed E-state index contributed by atoms with van der Waals surface area (Å²) in [5, 5.41) is 1.34. The van der Waals surface area contributed by atoms with E-state index >= 15 is 0 Å². The number of ether oxygens (including phenoxy) is 2. The molecular weight excluding hydrogens is 602 g/mol. The lowest BCUT2D eigenvalue weighted by molar-refractivity contribution is -0.175. The van der Waals surface area contributed by atoms with Crippen LogP contribution in [0.2, 0.25) is 0 Å². The predicted octanol–water partition coefficient (Wildman–Crippen LogP) is 7.33. The van der Waals surface area contributed by atoms with Crippen LogP contribution in [0.3, 0.4) is 0 Å². The number of fused-ring (bicyclic) bond motifs is 2. The van der Waals surface area contributed by atoms with E-state index in [1.165, 1.54) is 18.2 Å². The third kappa shape index (κ3) is 6.19. The Morgan fingerprint density at radius 1 is 1.00 bits per heavy atom. The number of pyridine rings is 1. The number of nitrogens with two attached hydrogens (primary N) is 1. The van der Waals surface area contributed by atoms with Gasteiger partial charge in [0.15, 0.2) is 5.76 Å². The minimum absolute atomic E-state index is 0.0960. The molecule has 0 radical (unpaired) electrons. The molecule has 240 valence electrons. The van der Waals surface area contributed by atoms with Crippen LogP contribution in [0.25, 0.3) is 33.3 Å². The number of benzene rings is 3. The van der Waals surface area contributed by atoms with Crippen molar-refractivity contribution in [3.63, 3.8) is 0 Å². The fourth-order valence-electron chi connectivity index (χ4n) is 6.81. The Balaban J connectivity index is 1.47. The second-order valence-electron chi connectivity index (χ2n) is 13.4. The zero-order chi connectivity index (χ0) is 33.0.